The van der Waals surface area contributed by atoms with Gasteiger partial charge in [-0.3, -0.25) is 19.8 Å². The van der Waals surface area contributed by atoms with E-state index in [1.165, 1.54) is 23.1 Å². The van der Waals surface area contributed by atoms with Crippen LogP contribution in [0.2, 0.25) is 0 Å². The van der Waals surface area contributed by atoms with E-state index in [0.29, 0.717) is 18.7 Å². The lowest BCUT2D eigenvalue weighted by Gasteiger charge is -2.45. The van der Waals surface area contributed by atoms with Gasteiger partial charge in [0.2, 0.25) is 5.91 Å². The van der Waals surface area contributed by atoms with Gasteiger partial charge in [0.05, 0.1) is 16.8 Å². The molecule has 31 heavy (non-hydrogen) atoms. The molecule has 1 aromatic rings. The predicted octanol–water partition coefficient (Wildman–Crippen LogP) is 2.75. The molecule has 4 rings (SSSR count). The van der Waals surface area contributed by atoms with Gasteiger partial charge >= 0.3 is 6.03 Å². The van der Waals surface area contributed by atoms with Crippen LogP contribution in [0.5, 0.6) is 5.75 Å². The third-order valence-corrected chi connectivity index (χ3v) is 7.06. The molecule has 1 aromatic carbocycles. The van der Waals surface area contributed by atoms with Crippen LogP contribution in [0, 0.1) is 11.3 Å². The minimum absolute atomic E-state index is 0.0493. The standard InChI is InChI=1S/C23H29N3O5/c1-31-19-3-2-17(14-18(19)26-11-6-20(28)24-22(26)30)21(29)25-12-9-23(10-13-25)7-4-16(15-27)5-8-23/h2-3,14-16H,4-13H2,1H3,(H,24,28,30)/i1D3. The van der Waals surface area contributed by atoms with Gasteiger partial charge in [-0.25, -0.2) is 4.79 Å². The number of rotatable bonds is 4. The lowest BCUT2D eigenvalue weighted by atomic mass is 9.65. The Labute approximate surface area is 186 Å². The number of piperidine rings is 1. The van der Waals surface area contributed by atoms with Gasteiger partial charge in [0, 0.05) is 37.5 Å². The second-order valence-electron chi connectivity index (χ2n) is 8.81. The first kappa shape index (κ1) is 17.7. The molecule has 2 saturated heterocycles. The molecule has 2 aliphatic heterocycles. The average molecular weight is 431 g/mol. The van der Waals surface area contributed by atoms with Crippen molar-refractivity contribution >= 4 is 29.8 Å². The number of amides is 4. The third kappa shape index (κ3) is 4.29. The summed E-state index contributed by atoms with van der Waals surface area (Å²) < 4.78 is 27.3. The number of hydrogen-bond donors (Lipinski definition) is 1. The Morgan fingerprint density at radius 3 is 2.58 bits per heavy atom. The van der Waals surface area contributed by atoms with Crippen molar-refractivity contribution < 1.29 is 28.0 Å². The van der Waals surface area contributed by atoms with E-state index in [1.54, 1.807) is 4.90 Å². The Kier molecular flexibility index (Phi) is 4.97. The summed E-state index contributed by atoms with van der Waals surface area (Å²) in [6.07, 6.45) is 6.71. The van der Waals surface area contributed by atoms with Crippen LogP contribution < -0.4 is 15.0 Å². The van der Waals surface area contributed by atoms with Gasteiger partial charge in [-0.15, -0.1) is 0 Å². The Hall–Kier alpha value is -2.90. The quantitative estimate of drug-likeness (QED) is 0.741. The summed E-state index contributed by atoms with van der Waals surface area (Å²) in [7, 11) is -2.74. The number of nitrogens with one attached hydrogen (secondary N) is 1. The van der Waals surface area contributed by atoms with Gasteiger partial charge < -0.3 is 14.4 Å². The SMILES string of the molecule is [2H]C([2H])([2H])Oc1ccc(C(=O)N2CCC3(CCC(C=O)CC3)CC2)cc1N1CCC(=O)NC1=O. The van der Waals surface area contributed by atoms with Crippen LogP contribution in [0.3, 0.4) is 0 Å². The molecule has 0 unspecified atom stereocenters. The van der Waals surface area contributed by atoms with E-state index in [-0.39, 0.29) is 41.6 Å². The normalized spacial score (nSPS) is 23.5. The van der Waals surface area contributed by atoms with Gasteiger partial charge in [-0.1, -0.05) is 0 Å². The van der Waals surface area contributed by atoms with Crippen molar-refractivity contribution in [3.63, 3.8) is 0 Å². The smallest absolute Gasteiger partial charge is 0.328 e. The van der Waals surface area contributed by atoms with E-state index >= 15 is 0 Å². The first-order valence-corrected chi connectivity index (χ1v) is 10.8. The van der Waals surface area contributed by atoms with Gasteiger partial charge in [-0.05, 0) is 62.1 Å². The zero-order valence-electron chi connectivity index (χ0n) is 20.4. The van der Waals surface area contributed by atoms with E-state index in [1.807, 2.05) is 0 Å². The Morgan fingerprint density at radius 2 is 1.94 bits per heavy atom. The second kappa shape index (κ2) is 8.69. The maximum Gasteiger partial charge on any atom is 0.328 e. The van der Waals surface area contributed by atoms with Gasteiger partial charge in [-0.2, -0.15) is 0 Å². The minimum atomic E-state index is -2.74. The number of aldehydes is 1. The molecule has 0 bridgehead atoms. The summed E-state index contributed by atoms with van der Waals surface area (Å²) in [6.45, 7) is 1.26. The van der Waals surface area contributed by atoms with Crippen molar-refractivity contribution in [2.75, 3.05) is 31.6 Å². The first-order valence-electron chi connectivity index (χ1n) is 12.3. The number of methoxy groups -OCH3 is 1. The summed E-state index contributed by atoms with van der Waals surface area (Å²) in [5.74, 6) is -0.532. The molecule has 3 fully saturated rings. The summed E-state index contributed by atoms with van der Waals surface area (Å²) in [5, 5.41) is 2.20. The summed E-state index contributed by atoms with van der Waals surface area (Å²) in [4.78, 5) is 51.3. The molecule has 1 spiro atoms. The minimum Gasteiger partial charge on any atom is -0.495 e. The van der Waals surface area contributed by atoms with Gasteiger partial charge in [0.15, 0.2) is 0 Å². The van der Waals surface area contributed by atoms with Crippen LogP contribution in [0.4, 0.5) is 10.5 Å². The van der Waals surface area contributed by atoms with E-state index < -0.39 is 19.0 Å². The molecule has 2 heterocycles. The second-order valence-corrected chi connectivity index (χ2v) is 8.81. The number of carbonyl (C=O) groups excluding carboxylic acids is 4. The lowest BCUT2D eigenvalue weighted by Crippen LogP contribution is -2.49. The maximum atomic E-state index is 13.3. The highest BCUT2D eigenvalue weighted by Gasteiger charge is 2.39. The first-order chi connectivity index (χ1) is 16.1. The number of urea groups is 1. The number of benzene rings is 1. The predicted molar refractivity (Wildman–Crippen MR) is 114 cm³/mol. The van der Waals surface area contributed by atoms with Crippen molar-refractivity contribution in [2.24, 2.45) is 11.3 Å². The molecular formula is C23H29N3O5. The van der Waals surface area contributed by atoms with E-state index in [2.05, 4.69) is 5.32 Å². The van der Waals surface area contributed by atoms with Crippen molar-refractivity contribution in [3.05, 3.63) is 23.8 Å². The van der Waals surface area contributed by atoms with Crippen molar-refractivity contribution in [1.82, 2.24) is 10.2 Å². The molecule has 0 aromatic heterocycles. The third-order valence-electron chi connectivity index (χ3n) is 7.06. The largest absolute Gasteiger partial charge is 0.495 e. The van der Waals surface area contributed by atoms with Gasteiger partial charge in [0.1, 0.15) is 12.0 Å². The zero-order valence-corrected chi connectivity index (χ0v) is 17.4. The fourth-order valence-electron chi connectivity index (χ4n) is 5.00. The van der Waals surface area contributed by atoms with Crippen LogP contribution in [0.25, 0.3) is 0 Å². The zero-order chi connectivity index (χ0) is 24.5. The Morgan fingerprint density at radius 1 is 1.19 bits per heavy atom. The number of anilines is 1. The highest BCUT2D eigenvalue weighted by molar-refractivity contribution is 6.07. The molecule has 0 atom stereocenters. The van der Waals surface area contributed by atoms with Crippen LogP contribution in [0.15, 0.2) is 18.2 Å². The molecule has 0 radical (unpaired) electrons. The van der Waals surface area contributed by atoms with Crippen molar-refractivity contribution in [1.29, 1.82) is 0 Å². The number of likely N-dealkylation sites (tertiary alicyclic amines) is 1. The fraction of sp³-hybridized carbons (Fsp3) is 0.565. The number of imide groups is 1. The molecule has 1 saturated carbocycles. The topological polar surface area (TPSA) is 96.0 Å². The molecule has 1 aliphatic carbocycles. The van der Waals surface area contributed by atoms with Crippen LogP contribution >= 0.6 is 0 Å². The van der Waals surface area contributed by atoms with Crippen molar-refractivity contribution in [3.8, 4) is 5.75 Å². The lowest BCUT2D eigenvalue weighted by molar-refractivity contribution is -0.120. The number of hydrogen-bond acceptors (Lipinski definition) is 5. The molecule has 1 N–H and O–H groups in total. The molecule has 4 amide bonds. The summed E-state index contributed by atoms with van der Waals surface area (Å²) >= 11 is 0. The Balaban J connectivity index is 1.51. The molecule has 3 aliphatic rings. The molecular weight excluding hydrogens is 398 g/mol. The highest BCUT2D eigenvalue weighted by atomic mass is 16.5. The van der Waals surface area contributed by atoms with Gasteiger partial charge in [0.25, 0.3) is 5.91 Å². The highest BCUT2D eigenvalue weighted by Crippen LogP contribution is 2.46. The average Bonchev–Trinajstić information content (AvgIpc) is 2.79. The van der Waals surface area contributed by atoms with Crippen LogP contribution in [-0.2, 0) is 9.59 Å². The van der Waals surface area contributed by atoms with E-state index in [0.717, 1.165) is 44.8 Å². The van der Waals surface area contributed by atoms with Crippen molar-refractivity contribution in [2.45, 2.75) is 44.9 Å². The number of carbonyl (C=O) groups is 4. The number of ether oxygens (including phenoxy) is 1. The van der Waals surface area contributed by atoms with E-state index in [9.17, 15) is 19.2 Å². The molecule has 8 heteroatoms. The molecule has 166 valence electrons. The summed E-state index contributed by atoms with van der Waals surface area (Å²) in [5.41, 5.74) is 0.642. The number of nitrogens with zero attached hydrogens (tertiary/aromatic N) is 2. The monoisotopic (exact) mass is 430 g/mol. The Bertz CT molecular complexity index is 979. The van der Waals surface area contributed by atoms with Crippen LogP contribution in [0.1, 0.15) is 59.4 Å². The maximum absolute atomic E-state index is 13.3. The summed E-state index contributed by atoms with van der Waals surface area (Å²) in [6, 6.07) is 3.64. The van der Waals surface area contributed by atoms with E-state index in [4.69, 9.17) is 8.85 Å². The van der Waals surface area contributed by atoms with Crippen LogP contribution in [-0.4, -0.2) is 55.7 Å². The molecule has 8 nitrogen and oxygen atoms in total. The fourth-order valence-corrected chi connectivity index (χ4v) is 5.00.